The highest BCUT2D eigenvalue weighted by Gasteiger charge is 2.00. The van der Waals surface area contributed by atoms with E-state index in [0.717, 1.165) is 11.1 Å². The molecule has 14 heavy (non-hydrogen) atoms. The van der Waals surface area contributed by atoms with E-state index in [4.69, 9.17) is 0 Å². The lowest BCUT2D eigenvalue weighted by molar-refractivity contribution is 0.628. The largest absolute Gasteiger partial charge is 0.207 e. The fourth-order valence-electron chi connectivity index (χ4n) is 1.32. The predicted octanol–water partition coefficient (Wildman–Crippen LogP) is 4.10. The van der Waals surface area contributed by atoms with Gasteiger partial charge in [-0.15, -0.1) is 0 Å². The van der Waals surface area contributed by atoms with Crippen molar-refractivity contribution < 1.29 is 4.39 Å². The van der Waals surface area contributed by atoms with E-state index in [1.165, 1.54) is 15.7 Å². The summed E-state index contributed by atoms with van der Waals surface area (Å²) in [6.07, 6.45) is 0. The molecule has 0 heterocycles. The molecule has 0 saturated carbocycles. The van der Waals surface area contributed by atoms with Gasteiger partial charge < -0.3 is 0 Å². The zero-order valence-corrected chi connectivity index (χ0v) is 9.53. The van der Waals surface area contributed by atoms with Crippen LogP contribution in [-0.4, -0.2) is 0 Å². The number of halogens is 2. The first kappa shape index (κ1) is 9.65. The quantitative estimate of drug-likeness (QED) is 0.695. The Hall–Kier alpha value is -0.900. The molecule has 0 N–H and O–H groups in total. The highest BCUT2D eigenvalue weighted by Crippen LogP contribution is 2.24. The van der Waals surface area contributed by atoms with Gasteiger partial charge in [-0.05, 0) is 51.9 Å². The lowest BCUT2D eigenvalue weighted by Crippen LogP contribution is -1.82. The first-order chi connectivity index (χ1) is 6.77. The second kappa shape index (κ2) is 4.09. The molecule has 0 fully saturated rings. The summed E-state index contributed by atoms with van der Waals surface area (Å²) < 4.78 is 13.9. The Balaban J connectivity index is 2.50. The van der Waals surface area contributed by atoms with Crippen LogP contribution in [0, 0.1) is 9.39 Å². The highest BCUT2D eigenvalue weighted by molar-refractivity contribution is 14.1. The van der Waals surface area contributed by atoms with Crippen molar-refractivity contribution in [2.24, 2.45) is 0 Å². The van der Waals surface area contributed by atoms with Crippen molar-refractivity contribution in [1.82, 2.24) is 0 Å². The molecule has 2 aromatic rings. The molecule has 0 bridgehead atoms. The van der Waals surface area contributed by atoms with Gasteiger partial charge in [-0.1, -0.05) is 30.3 Å². The summed E-state index contributed by atoms with van der Waals surface area (Å²) in [7, 11) is 0. The second-order valence-corrected chi connectivity index (χ2v) is 4.15. The van der Waals surface area contributed by atoms with Crippen LogP contribution in [0.25, 0.3) is 11.1 Å². The molecule has 0 aliphatic heterocycles. The van der Waals surface area contributed by atoms with Crippen LogP contribution in [0.5, 0.6) is 0 Å². The van der Waals surface area contributed by atoms with E-state index in [1.807, 2.05) is 24.3 Å². The summed E-state index contributed by atoms with van der Waals surface area (Å²) in [5.74, 6) is -0.195. The number of benzene rings is 2. The van der Waals surface area contributed by atoms with Gasteiger partial charge in [-0.3, -0.25) is 0 Å². The molecule has 2 rings (SSSR count). The molecule has 0 atom stereocenters. The van der Waals surface area contributed by atoms with Crippen molar-refractivity contribution in [3.63, 3.8) is 0 Å². The molecule has 2 heteroatoms. The maximum atomic E-state index is 12.7. The molecule has 0 nitrogen and oxygen atoms in total. The summed E-state index contributed by atoms with van der Waals surface area (Å²) in [5, 5.41) is 0. The first-order valence-corrected chi connectivity index (χ1v) is 5.36. The van der Waals surface area contributed by atoms with Crippen molar-refractivity contribution in [3.8, 4) is 11.1 Å². The Bertz CT molecular complexity index is 434. The molecule has 2 aromatic carbocycles. The van der Waals surface area contributed by atoms with Crippen molar-refractivity contribution in [2.45, 2.75) is 0 Å². The van der Waals surface area contributed by atoms with E-state index in [0.29, 0.717) is 0 Å². The van der Waals surface area contributed by atoms with E-state index in [1.54, 1.807) is 12.1 Å². The molecule has 70 valence electrons. The van der Waals surface area contributed by atoms with Crippen LogP contribution in [0.2, 0.25) is 0 Å². The van der Waals surface area contributed by atoms with Gasteiger partial charge in [0.2, 0.25) is 0 Å². The molecular weight excluding hydrogens is 290 g/mol. The van der Waals surface area contributed by atoms with Crippen LogP contribution < -0.4 is 0 Å². The number of hydrogen-bond acceptors (Lipinski definition) is 0. The monoisotopic (exact) mass is 298 g/mol. The minimum absolute atomic E-state index is 0.195. The van der Waals surface area contributed by atoms with Gasteiger partial charge in [0.05, 0.1) is 0 Å². The smallest absolute Gasteiger partial charge is 0.123 e. The summed E-state index contributed by atoms with van der Waals surface area (Å²) >= 11 is 2.28. The van der Waals surface area contributed by atoms with Crippen LogP contribution >= 0.6 is 22.6 Å². The predicted molar refractivity (Wildman–Crippen MR) is 64.6 cm³/mol. The van der Waals surface area contributed by atoms with Gasteiger partial charge >= 0.3 is 0 Å². The van der Waals surface area contributed by atoms with E-state index >= 15 is 0 Å². The molecule has 0 amide bonds. The fraction of sp³-hybridized carbons (Fsp3) is 0. The summed E-state index contributed by atoms with van der Waals surface area (Å²) in [5.41, 5.74) is 2.20. The van der Waals surface area contributed by atoms with Gasteiger partial charge in [0, 0.05) is 3.57 Å². The standard InChI is InChI=1S/C12H8FI/c13-10-7-5-9(6-8-10)11-3-1-2-4-12(11)14/h1-8H. The van der Waals surface area contributed by atoms with Crippen molar-refractivity contribution in [1.29, 1.82) is 0 Å². The van der Waals surface area contributed by atoms with Gasteiger partial charge in [0.15, 0.2) is 0 Å². The van der Waals surface area contributed by atoms with Gasteiger partial charge in [0.1, 0.15) is 5.82 Å². The van der Waals surface area contributed by atoms with Crippen LogP contribution in [0.1, 0.15) is 0 Å². The third-order valence-corrected chi connectivity index (χ3v) is 2.97. The first-order valence-electron chi connectivity index (χ1n) is 4.28. The molecule has 0 saturated heterocycles. The third-order valence-electron chi connectivity index (χ3n) is 2.03. The molecule has 0 aromatic heterocycles. The Labute approximate surface area is 95.9 Å². The summed E-state index contributed by atoms with van der Waals surface area (Å²) in [6.45, 7) is 0. The highest BCUT2D eigenvalue weighted by atomic mass is 127. The Morgan fingerprint density at radius 3 is 2.14 bits per heavy atom. The van der Waals surface area contributed by atoms with E-state index in [9.17, 15) is 4.39 Å². The Kier molecular flexibility index (Phi) is 2.82. The zero-order chi connectivity index (χ0) is 9.97. The van der Waals surface area contributed by atoms with Crippen molar-refractivity contribution in [3.05, 3.63) is 57.9 Å². The third kappa shape index (κ3) is 1.95. The van der Waals surface area contributed by atoms with Gasteiger partial charge in [0.25, 0.3) is 0 Å². The Morgan fingerprint density at radius 1 is 0.857 bits per heavy atom. The van der Waals surface area contributed by atoms with Crippen LogP contribution in [0.4, 0.5) is 4.39 Å². The molecule has 0 aliphatic rings. The second-order valence-electron chi connectivity index (χ2n) is 2.99. The average Bonchev–Trinajstić information content (AvgIpc) is 2.20. The maximum absolute atomic E-state index is 12.7. The minimum Gasteiger partial charge on any atom is -0.207 e. The Morgan fingerprint density at radius 2 is 1.50 bits per heavy atom. The molecule has 0 spiro atoms. The average molecular weight is 298 g/mol. The summed E-state index contributed by atoms with van der Waals surface area (Å²) in [6, 6.07) is 14.6. The summed E-state index contributed by atoms with van der Waals surface area (Å²) in [4.78, 5) is 0. The minimum atomic E-state index is -0.195. The molecule has 0 aliphatic carbocycles. The molecule has 0 radical (unpaired) electrons. The van der Waals surface area contributed by atoms with Crippen molar-refractivity contribution >= 4 is 22.6 Å². The maximum Gasteiger partial charge on any atom is 0.123 e. The van der Waals surface area contributed by atoms with Crippen LogP contribution in [-0.2, 0) is 0 Å². The lowest BCUT2D eigenvalue weighted by atomic mass is 10.1. The normalized spacial score (nSPS) is 10.1. The van der Waals surface area contributed by atoms with Crippen LogP contribution in [0.3, 0.4) is 0 Å². The van der Waals surface area contributed by atoms with Crippen LogP contribution in [0.15, 0.2) is 48.5 Å². The lowest BCUT2D eigenvalue weighted by Gasteiger charge is -2.03. The van der Waals surface area contributed by atoms with Crippen molar-refractivity contribution in [2.75, 3.05) is 0 Å². The van der Waals surface area contributed by atoms with E-state index in [2.05, 4.69) is 22.6 Å². The van der Waals surface area contributed by atoms with Gasteiger partial charge in [-0.2, -0.15) is 0 Å². The molecular formula is C12H8FI. The molecule has 0 unspecified atom stereocenters. The topological polar surface area (TPSA) is 0 Å². The number of hydrogen-bond donors (Lipinski definition) is 0. The van der Waals surface area contributed by atoms with E-state index < -0.39 is 0 Å². The number of rotatable bonds is 1. The van der Waals surface area contributed by atoms with E-state index in [-0.39, 0.29) is 5.82 Å². The van der Waals surface area contributed by atoms with Gasteiger partial charge in [-0.25, -0.2) is 4.39 Å². The fourth-order valence-corrected chi connectivity index (χ4v) is 2.02. The SMILES string of the molecule is Fc1ccc(-c2ccccc2I)cc1. The zero-order valence-electron chi connectivity index (χ0n) is 7.37.